The quantitative estimate of drug-likeness (QED) is 0.717. The predicted molar refractivity (Wildman–Crippen MR) is 85.7 cm³/mol. The third-order valence-corrected chi connectivity index (χ3v) is 4.37. The monoisotopic (exact) mass is 282 g/mol. The van der Waals surface area contributed by atoms with Gasteiger partial charge in [0.05, 0.1) is 6.04 Å². The summed E-state index contributed by atoms with van der Waals surface area (Å²) < 4.78 is 0. The van der Waals surface area contributed by atoms with Gasteiger partial charge in [-0.05, 0) is 43.4 Å². The first kappa shape index (κ1) is 17.5. The van der Waals surface area contributed by atoms with Gasteiger partial charge < -0.3 is 10.6 Å². The Morgan fingerprint density at radius 3 is 2.15 bits per heavy atom. The predicted octanol–water partition coefficient (Wildman–Crippen LogP) is 3.34. The van der Waals surface area contributed by atoms with Crippen molar-refractivity contribution in [3.63, 3.8) is 0 Å². The zero-order chi connectivity index (χ0) is 15.2. The van der Waals surface area contributed by atoms with Gasteiger partial charge in [0.15, 0.2) is 0 Å². The van der Waals surface area contributed by atoms with Crippen molar-refractivity contribution in [3.8, 4) is 0 Å². The SMILES string of the molecule is CC(C)CNC(=O)C(C)NCC1(CC(C)C)CCCC1. The Kier molecular flexibility index (Phi) is 7.01. The van der Waals surface area contributed by atoms with E-state index in [1.165, 1.54) is 32.1 Å². The van der Waals surface area contributed by atoms with Gasteiger partial charge in [0, 0.05) is 13.1 Å². The Balaban J connectivity index is 2.40. The van der Waals surface area contributed by atoms with Crippen LogP contribution in [0.5, 0.6) is 0 Å². The van der Waals surface area contributed by atoms with Gasteiger partial charge in [-0.3, -0.25) is 4.79 Å². The van der Waals surface area contributed by atoms with E-state index in [4.69, 9.17) is 0 Å². The normalized spacial score (nSPS) is 19.6. The fourth-order valence-corrected chi connectivity index (χ4v) is 3.36. The molecule has 0 heterocycles. The van der Waals surface area contributed by atoms with Crippen LogP contribution in [0, 0.1) is 17.3 Å². The minimum absolute atomic E-state index is 0.0848. The number of amides is 1. The molecule has 3 nitrogen and oxygen atoms in total. The molecule has 0 radical (unpaired) electrons. The lowest BCUT2D eigenvalue weighted by Gasteiger charge is -2.32. The molecule has 3 heteroatoms. The zero-order valence-electron chi connectivity index (χ0n) is 14.1. The van der Waals surface area contributed by atoms with E-state index in [1.54, 1.807) is 0 Å². The maximum atomic E-state index is 12.0. The van der Waals surface area contributed by atoms with E-state index in [1.807, 2.05) is 6.92 Å². The molecular weight excluding hydrogens is 248 g/mol. The van der Waals surface area contributed by atoms with Crippen molar-refractivity contribution in [2.24, 2.45) is 17.3 Å². The molecule has 0 spiro atoms. The summed E-state index contributed by atoms with van der Waals surface area (Å²) in [5.41, 5.74) is 0.431. The number of hydrogen-bond donors (Lipinski definition) is 2. The summed E-state index contributed by atoms with van der Waals surface area (Å²) in [6, 6.07) is -0.0848. The Morgan fingerprint density at radius 1 is 1.05 bits per heavy atom. The van der Waals surface area contributed by atoms with Crippen LogP contribution in [0.4, 0.5) is 0 Å². The lowest BCUT2D eigenvalue weighted by molar-refractivity contribution is -0.123. The summed E-state index contributed by atoms with van der Waals surface area (Å²) in [6.07, 6.45) is 6.61. The maximum Gasteiger partial charge on any atom is 0.236 e. The second kappa shape index (κ2) is 8.02. The van der Waals surface area contributed by atoms with E-state index < -0.39 is 0 Å². The van der Waals surface area contributed by atoms with Gasteiger partial charge in [-0.25, -0.2) is 0 Å². The Hall–Kier alpha value is -0.570. The summed E-state index contributed by atoms with van der Waals surface area (Å²) in [5.74, 6) is 1.38. The highest BCUT2D eigenvalue weighted by molar-refractivity contribution is 5.81. The van der Waals surface area contributed by atoms with E-state index >= 15 is 0 Å². The van der Waals surface area contributed by atoms with Crippen LogP contribution in [-0.2, 0) is 4.79 Å². The van der Waals surface area contributed by atoms with E-state index in [0.717, 1.165) is 19.0 Å². The second-order valence-corrected chi connectivity index (χ2v) is 7.55. The average molecular weight is 282 g/mol. The van der Waals surface area contributed by atoms with Gasteiger partial charge in [-0.2, -0.15) is 0 Å². The lowest BCUT2D eigenvalue weighted by Crippen LogP contribution is -2.46. The van der Waals surface area contributed by atoms with Crippen molar-refractivity contribution in [3.05, 3.63) is 0 Å². The average Bonchev–Trinajstić information content (AvgIpc) is 2.81. The topological polar surface area (TPSA) is 41.1 Å². The highest BCUT2D eigenvalue weighted by Gasteiger charge is 2.34. The van der Waals surface area contributed by atoms with Gasteiger partial charge in [0.2, 0.25) is 5.91 Å². The Bertz CT molecular complexity index is 293. The number of nitrogens with one attached hydrogen (secondary N) is 2. The van der Waals surface area contributed by atoms with Crippen molar-refractivity contribution >= 4 is 5.91 Å². The van der Waals surface area contributed by atoms with Crippen LogP contribution in [0.25, 0.3) is 0 Å². The first-order valence-corrected chi connectivity index (χ1v) is 8.36. The fraction of sp³-hybridized carbons (Fsp3) is 0.941. The summed E-state index contributed by atoms with van der Waals surface area (Å²) in [6.45, 7) is 12.6. The van der Waals surface area contributed by atoms with Gasteiger partial charge in [0.25, 0.3) is 0 Å². The van der Waals surface area contributed by atoms with E-state index in [-0.39, 0.29) is 11.9 Å². The molecule has 0 aromatic heterocycles. The van der Waals surface area contributed by atoms with Crippen LogP contribution >= 0.6 is 0 Å². The molecule has 1 unspecified atom stereocenters. The third kappa shape index (κ3) is 5.82. The molecule has 1 atom stereocenters. The van der Waals surface area contributed by atoms with Crippen LogP contribution < -0.4 is 10.6 Å². The largest absolute Gasteiger partial charge is 0.354 e. The Morgan fingerprint density at radius 2 is 1.65 bits per heavy atom. The molecule has 1 aliphatic carbocycles. The minimum atomic E-state index is -0.0848. The molecule has 1 rings (SSSR count). The van der Waals surface area contributed by atoms with Crippen LogP contribution in [0.15, 0.2) is 0 Å². The van der Waals surface area contributed by atoms with Crippen LogP contribution in [-0.4, -0.2) is 25.0 Å². The molecule has 1 amide bonds. The van der Waals surface area contributed by atoms with Crippen LogP contribution in [0.2, 0.25) is 0 Å². The van der Waals surface area contributed by atoms with Crippen molar-refractivity contribution in [1.82, 2.24) is 10.6 Å². The molecule has 0 saturated heterocycles. The summed E-state index contributed by atoms with van der Waals surface area (Å²) in [7, 11) is 0. The molecule has 20 heavy (non-hydrogen) atoms. The summed E-state index contributed by atoms with van der Waals surface area (Å²) >= 11 is 0. The standard InChI is InChI=1S/C17H34N2O/c1-13(2)10-17(8-6-7-9-17)12-19-15(5)16(20)18-11-14(3)4/h13-15,19H,6-12H2,1-5H3,(H,18,20). The van der Waals surface area contributed by atoms with Crippen molar-refractivity contribution in [1.29, 1.82) is 0 Å². The molecule has 2 N–H and O–H groups in total. The molecular formula is C17H34N2O. The smallest absolute Gasteiger partial charge is 0.236 e. The molecule has 0 aromatic rings. The number of rotatable bonds is 8. The highest BCUT2D eigenvalue weighted by atomic mass is 16.2. The van der Waals surface area contributed by atoms with Gasteiger partial charge in [-0.15, -0.1) is 0 Å². The fourth-order valence-electron chi connectivity index (χ4n) is 3.36. The minimum Gasteiger partial charge on any atom is -0.354 e. The first-order valence-electron chi connectivity index (χ1n) is 8.36. The van der Waals surface area contributed by atoms with Gasteiger partial charge >= 0.3 is 0 Å². The number of carbonyl (C=O) groups is 1. The molecule has 1 aliphatic rings. The molecule has 1 saturated carbocycles. The maximum absolute atomic E-state index is 12.0. The summed E-state index contributed by atoms with van der Waals surface area (Å²) in [5, 5.41) is 6.49. The Labute approximate surface area is 125 Å². The number of hydrogen-bond acceptors (Lipinski definition) is 2. The van der Waals surface area contributed by atoms with E-state index in [0.29, 0.717) is 11.3 Å². The third-order valence-electron chi connectivity index (χ3n) is 4.37. The molecule has 1 fully saturated rings. The lowest BCUT2D eigenvalue weighted by atomic mass is 9.78. The molecule has 118 valence electrons. The van der Waals surface area contributed by atoms with E-state index in [9.17, 15) is 4.79 Å². The number of carbonyl (C=O) groups excluding carboxylic acids is 1. The van der Waals surface area contributed by atoms with Crippen molar-refractivity contribution in [2.75, 3.05) is 13.1 Å². The van der Waals surface area contributed by atoms with Crippen LogP contribution in [0.3, 0.4) is 0 Å². The second-order valence-electron chi connectivity index (χ2n) is 7.55. The highest BCUT2D eigenvalue weighted by Crippen LogP contribution is 2.42. The van der Waals surface area contributed by atoms with Crippen molar-refractivity contribution in [2.45, 2.75) is 72.8 Å². The molecule has 0 aromatic carbocycles. The van der Waals surface area contributed by atoms with E-state index in [2.05, 4.69) is 38.3 Å². The van der Waals surface area contributed by atoms with Gasteiger partial charge in [-0.1, -0.05) is 40.5 Å². The summed E-state index contributed by atoms with van der Waals surface area (Å²) in [4.78, 5) is 12.0. The molecule has 0 aliphatic heterocycles. The molecule has 0 bridgehead atoms. The zero-order valence-corrected chi connectivity index (χ0v) is 14.1. The van der Waals surface area contributed by atoms with Crippen LogP contribution in [0.1, 0.15) is 66.7 Å². The van der Waals surface area contributed by atoms with Crippen molar-refractivity contribution < 1.29 is 4.79 Å². The van der Waals surface area contributed by atoms with Gasteiger partial charge in [0.1, 0.15) is 0 Å². The first-order chi connectivity index (χ1) is 9.34.